The zero-order chi connectivity index (χ0) is 8.39. The third-order valence-corrected chi connectivity index (χ3v) is 3.11. The minimum Gasteiger partial charge on any atom is -0.396 e. The van der Waals surface area contributed by atoms with Gasteiger partial charge in [0.15, 0.2) is 0 Å². The monoisotopic (exact) mass is 170 g/mol. The van der Waals surface area contributed by atoms with Gasteiger partial charge in [0, 0.05) is 31.8 Å². The Hall–Kier alpha value is -0.120. The molecule has 0 spiro atoms. The summed E-state index contributed by atoms with van der Waals surface area (Å²) in [5.41, 5.74) is 0. The van der Waals surface area contributed by atoms with Crippen LogP contribution < -0.4 is 5.32 Å². The summed E-state index contributed by atoms with van der Waals surface area (Å²) < 4.78 is 0. The number of aliphatic hydroxyl groups is 1. The average molecular weight is 170 g/mol. The summed E-state index contributed by atoms with van der Waals surface area (Å²) in [5, 5.41) is 12.2. The van der Waals surface area contributed by atoms with Gasteiger partial charge in [-0.15, -0.1) is 0 Å². The van der Waals surface area contributed by atoms with E-state index in [1.54, 1.807) is 0 Å². The van der Waals surface area contributed by atoms with Crippen LogP contribution in [0.1, 0.15) is 19.3 Å². The van der Waals surface area contributed by atoms with Crippen LogP contribution in [-0.4, -0.2) is 48.3 Å². The van der Waals surface area contributed by atoms with Crippen LogP contribution >= 0.6 is 0 Å². The minimum absolute atomic E-state index is 0.349. The molecule has 70 valence electrons. The molecule has 0 bridgehead atoms. The molecule has 0 amide bonds. The quantitative estimate of drug-likeness (QED) is 0.616. The lowest BCUT2D eigenvalue weighted by atomic mass is 10.1. The lowest BCUT2D eigenvalue weighted by Crippen LogP contribution is -2.58. The van der Waals surface area contributed by atoms with Crippen LogP contribution in [0.3, 0.4) is 0 Å². The largest absolute Gasteiger partial charge is 0.396 e. The van der Waals surface area contributed by atoms with Gasteiger partial charge in [-0.05, 0) is 25.8 Å². The summed E-state index contributed by atoms with van der Waals surface area (Å²) in [5.74, 6) is 0. The van der Waals surface area contributed by atoms with E-state index in [2.05, 4.69) is 10.2 Å². The maximum absolute atomic E-state index is 8.87. The minimum atomic E-state index is 0.349. The van der Waals surface area contributed by atoms with E-state index in [1.165, 1.54) is 19.4 Å². The van der Waals surface area contributed by atoms with Crippen molar-refractivity contribution < 1.29 is 5.11 Å². The molecule has 0 aromatic rings. The third-order valence-electron chi connectivity index (χ3n) is 3.11. The summed E-state index contributed by atoms with van der Waals surface area (Å²) in [6.45, 7) is 3.90. The highest BCUT2D eigenvalue weighted by Crippen LogP contribution is 2.23. The van der Waals surface area contributed by atoms with Crippen LogP contribution in [0.5, 0.6) is 0 Å². The second-order valence-electron chi connectivity index (χ2n) is 3.86. The zero-order valence-corrected chi connectivity index (χ0v) is 7.50. The fourth-order valence-corrected chi connectivity index (χ4v) is 2.31. The van der Waals surface area contributed by atoms with Crippen molar-refractivity contribution in [2.24, 2.45) is 0 Å². The highest BCUT2D eigenvalue weighted by Gasteiger charge is 2.32. The molecular formula is C9H18N2O. The average Bonchev–Trinajstić information content (AvgIpc) is 2.35. The van der Waals surface area contributed by atoms with Crippen LogP contribution in [0.4, 0.5) is 0 Å². The molecule has 0 aromatic heterocycles. The SMILES string of the molecule is OCCC1CCCN1C1CNC1. The molecule has 2 saturated heterocycles. The summed E-state index contributed by atoms with van der Waals surface area (Å²) in [6, 6.07) is 1.44. The Morgan fingerprint density at radius 2 is 2.25 bits per heavy atom. The van der Waals surface area contributed by atoms with Crippen LogP contribution in [-0.2, 0) is 0 Å². The van der Waals surface area contributed by atoms with Gasteiger partial charge in [0.25, 0.3) is 0 Å². The topological polar surface area (TPSA) is 35.5 Å². The summed E-state index contributed by atoms with van der Waals surface area (Å²) in [7, 11) is 0. The highest BCUT2D eigenvalue weighted by atomic mass is 16.3. The molecule has 1 unspecified atom stereocenters. The zero-order valence-electron chi connectivity index (χ0n) is 7.50. The number of nitrogens with zero attached hydrogens (tertiary/aromatic N) is 1. The van der Waals surface area contributed by atoms with Crippen LogP contribution in [0.15, 0.2) is 0 Å². The molecule has 0 aliphatic carbocycles. The molecule has 2 aliphatic heterocycles. The summed E-state index contributed by atoms with van der Waals surface area (Å²) >= 11 is 0. The molecule has 1 atom stereocenters. The normalized spacial score (nSPS) is 32.2. The Kier molecular flexibility index (Phi) is 2.63. The Morgan fingerprint density at radius 3 is 2.83 bits per heavy atom. The van der Waals surface area contributed by atoms with Crippen molar-refractivity contribution in [3.63, 3.8) is 0 Å². The summed E-state index contributed by atoms with van der Waals surface area (Å²) in [4.78, 5) is 2.58. The maximum Gasteiger partial charge on any atom is 0.0445 e. The number of rotatable bonds is 3. The van der Waals surface area contributed by atoms with E-state index < -0.39 is 0 Å². The van der Waals surface area contributed by atoms with Gasteiger partial charge in [0.05, 0.1) is 0 Å². The highest BCUT2D eigenvalue weighted by molar-refractivity contribution is 4.91. The smallest absolute Gasteiger partial charge is 0.0445 e. The van der Waals surface area contributed by atoms with Gasteiger partial charge >= 0.3 is 0 Å². The first-order valence-electron chi connectivity index (χ1n) is 4.99. The van der Waals surface area contributed by atoms with E-state index in [0.29, 0.717) is 12.6 Å². The molecule has 3 heteroatoms. The molecule has 2 rings (SSSR count). The lowest BCUT2D eigenvalue weighted by Gasteiger charge is -2.39. The number of hydrogen-bond donors (Lipinski definition) is 2. The van der Waals surface area contributed by atoms with Crippen LogP contribution in [0, 0.1) is 0 Å². The molecular weight excluding hydrogens is 152 g/mol. The molecule has 0 aromatic carbocycles. The van der Waals surface area contributed by atoms with Crippen molar-refractivity contribution in [2.45, 2.75) is 31.3 Å². The third kappa shape index (κ3) is 1.49. The molecule has 2 N–H and O–H groups in total. The Labute approximate surface area is 73.8 Å². The van der Waals surface area contributed by atoms with Gasteiger partial charge in [-0.25, -0.2) is 0 Å². The van der Waals surface area contributed by atoms with Crippen LogP contribution in [0.2, 0.25) is 0 Å². The Balaban J connectivity index is 1.85. The molecule has 2 aliphatic rings. The van der Waals surface area contributed by atoms with Crippen molar-refractivity contribution >= 4 is 0 Å². The fraction of sp³-hybridized carbons (Fsp3) is 1.00. The lowest BCUT2D eigenvalue weighted by molar-refractivity contribution is 0.113. The van der Waals surface area contributed by atoms with Crippen molar-refractivity contribution in [1.29, 1.82) is 0 Å². The predicted octanol–water partition coefficient (Wildman–Crippen LogP) is -0.195. The second-order valence-corrected chi connectivity index (χ2v) is 3.86. The number of aliphatic hydroxyl groups excluding tert-OH is 1. The Bertz CT molecular complexity index is 147. The first-order chi connectivity index (χ1) is 5.92. The first-order valence-corrected chi connectivity index (χ1v) is 4.99. The Morgan fingerprint density at radius 1 is 1.42 bits per heavy atom. The number of hydrogen-bond acceptors (Lipinski definition) is 3. The molecule has 12 heavy (non-hydrogen) atoms. The van der Waals surface area contributed by atoms with Crippen molar-refractivity contribution in [1.82, 2.24) is 10.2 Å². The van der Waals surface area contributed by atoms with E-state index in [-0.39, 0.29) is 0 Å². The summed E-state index contributed by atoms with van der Waals surface area (Å²) in [6.07, 6.45) is 3.58. The molecule has 2 fully saturated rings. The van der Waals surface area contributed by atoms with E-state index in [0.717, 1.165) is 25.6 Å². The molecule has 3 nitrogen and oxygen atoms in total. The molecule has 0 saturated carbocycles. The van der Waals surface area contributed by atoms with Crippen molar-refractivity contribution in [2.75, 3.05) is 26.2 Å². The van der Waals surface area contributed by atoms with Crippen molar-refractivity contribution in [3.05, 3.63) is 0 Å². The molecule has 2 heterocycles. The van der Waals surface area contributed by atoms with E-state index in [9.17, 15) is 0 Å². The van der Waals surface area contributed by atoms with Gasteiger partial charge in [-0.2, -0.15) is 0 Å². The number of nitrogens with one attached hydrogen (secondary N) is 1. The van der Waals surface area contributed by atoms with Gasteiger partial charge in [0.2, 0.25) is 0 Å². The van der Waals surface area contributed by atoms with E-state index in [4.69, 9.17) is 5.11 Å². The predicted molar refractivity (Wildman–Crippen MR) is 48.1 cm³/mol. The maximum atomic E-state index is 8.87. The van der Waals surface area contributed by atoms with Crippen molar-refractivity contribution in [3.8, 4) is 0 Å². The van der Waals surface area contributed by atoms with Gasteiger partial charge in [-0.1, -0.05) is 0 Å². The van der Waals surface area contributed by atoms with E-state index in [1.807, 2.05) is 0 Å². The first kappa shape index (κ1) is 8.48. The van der Waals surface area contributed by atoms with Crippen LogP contribution in [0.25, 0.3) is 0 Å². The number of likely N-dealkylation sites (tertiary alicyclic amines) is 1. The van der Waals surface area contributed by atoms with Gasteiger partial charge in [-0.3, -0.25) is 4.90 Å². The standard InChI is InChI=1S/C9H18N2O/c12-5-3-8-2-1-4-11(8)9-6-10-7-9/h8-10,12H,1-7H2. The van der Waals surface area contributed by atoms with Gasteiger partial charge < -0.3 is 10.4 Å². The fourth-order valence-electron chi connectivity index (χ4n) is 2.31. The second kappa shape index (κ2) is 3.73. The van der Waals surface area contributed by atoms with E-state index >= 15 is 0 Å². The van der Waals surface area contributed by atoms with Gasteiger partial charge in [0.1, 0.15) is 0 Å². The molecule has 0 radical (unpaired) electrons.